The molecule has 0 bridgehead atoms. The van der Waals surface area contributed by atoms with Gasteiger partial charge in [-0.05, 0) is 44.0 Å². The molecule has 0 aliphatic heterocycles. The first-order valence-electron chi connectivity index (χ1n) is 6.47. The van der Waals surface area contributed by atoms with Crippen molar-refractivity contribution in [1.82, 2.24) is 9.46 Å². The Hall–Kier alpha value is -1.86. The number of aryl methyl sites for hydroxylation is 2. The maximum atomic E-state index is 12.7. The maximum absolute atomic E-state index is 12.7. The lowest BCUT2D eigenvalue weighted by molar-refractivity contribution is 0.378. The summed E-state index contributed by atoms with van der Waals surface area (Å²) in [7, 11) is -2.12. The molecule has 0 amide bonds. The van der Waals surface area contributed by atoms with Gasteiger partial charge in [0.05, 0.1) is 17.1 Å². The average molecular weight is 309 g/mol. The second-order valence-corrected chi connectivity index (χ2v) is 7.18. The van der Waals surface area contributed by atoms with Crippen LogP contribution in [0.2, 0.25) is 0 Å². The number of aromatic nitrogens is 1. The van der Waals surface area contributed by atoms with Crippen molar-refractivity contribution < 1.29 is 12.9 Å². The van der Waals surface area contributed by atoms with Gasteiger partial charge in [-0.25, -0.2) is 8.42 Å². The van der Waals surface area contributed by atoms with Crippen molar-refractivity contribution >= 4 is 15.7 Å². The number of hydrogen-bond donors (Lipinski definition) is 1. The van der Waals surface area contributed by atoms with Crippen molar-refractivity contribution in [2.75, 3.05) is 12.8 Å². The van der Waals surface area contributed by atoms with Gasteiger partial charge in [0.2, 0.25) is 10.0 Å². The van der Waals surface area contributed by atoms with Crippen LogP contribution in [0.3, 0.4) is 0 Å². The fourth-order valence-electron chi connectivity index (χ4n) is 2.09. The van der Waals surface area contributed by atoms with Gasteiger partial charge >= 0.3 is 0 Å². The molecule has 114 valence electrons. The number of anilines is 1. The van der Waals surface area contributed by atoms with E-state index in [2.05, 4.69) is 5.16 Å². The zero-order valence-corrected chi connectivity index (χ0v) is 13.4. The summed E-state index contributed by atoms with van der Waals surface area (Å²) in [4.78, 5) is 0.225. The molecule has 6 nitrogen and oxygen atoms in total. The predicted octanol–water partition coefficient (Wildman–Crippen LogP) is 2.00. The molecule has 0 saturated carbocycles. The minimum Gasteiger partial charge on any atom is -0.398 e. The molecular weight excluding hydrogens is 290 g/mol. The van der Waals surface area contributed by atoms with E-state index in [0.29, 0.717) is 22.7 Å². The number of nitrogens with zero attached hydrogens (tertiary/aromatic N) is 2. The molecule has 0 saturated heterocycles. The molecule has 2 rings (SSSR count). The summed E-state index contributed by atoms with van der Waals surface area (Å²) in [5.74, 6) is 0.645. The van der Waals surface area contributed by atoms with Crippen molar-refractivity contribution in [3.8, 4) is 0 Å². The van der Waals surface area contributed by atoms with Gasteiger partial charge in [-0.3, -0.25) is 0 Å². The summed E-state index contributed by atoms with van der Waals surface area (Å²) in [6.45, 7) is 5.43. The minimum atomic E-state index is -3.63. The van der Waals surface area contributed by atoms with Gasteiger partial charge in [-0.1, -0.05) is 5.16 Å². The summed E-state index contributed by atoms with van der Waals surface area (Å²) < 4.78 is 31.6. The molecule has 0 atom stereocenters. The summed E-state index contributed by atoms with van der Waals surface area (Å²) in [6.07, 6.45) is 0. The Morgan fingerprint density at radius 2 is 1.90 bits per heavy atom. The molecule has 2 aromatic rings. The third-order valence-corrected chi connectivity index (χ3v) is 5.22. The number of benzene rings is 1. The van der Waals surface area contributed by atoms with Crippen LogP contribution in [0.25, 0.3) is 0 Å². The fourth-order valence-corrected chi connectivity index (χ4v) is 3.57. The molecule has 0 fully saturated rings. The molecule has 21 heavy (non-hydrogen) atoms. The van der Waals surface area contributed by atoms with Gasteiger partial charge in [-0.15, -0.1) is 0 Å². The third kappa shape index (κ3) is 3.08. The van der Waals surface area contributed by atoms with Gasteiger partial charge in [0.15, 0.2) is 0 Å². The normalized spacial score (nSPS) is 12.0. The van der Waals surface area contributed by atoms with Crippen LogP contribution < -0.4 is 5.73 Å². The van der Waals surface area contributed by atoms with Crippen LogP contribution in [0.5, 0.6) is 0 Å². The highest BCUT2D eigenvalue weighted by Gasteiger charge is 2.25. The number of nitrogens with two attached hydrogens (primary N) is 1. The van der Waals surface area contributed by atoms with E-state index in [9.17, 15) is 8.42 Å². The van der Waals surface area contributed by atoms with Crippen molar-refractivity contribution in [2.24, 2.45) is 0 Å². The Balaban J connectivity index is 2.37. The molecule has 0 spiro atoms. The lowest BCUT2D eigenvalue weighted by atomic mass is 10.1. The van der Waals surface area contributed by atoms with Gasteiger partial charge in [0.1, 0.15) is 5.76 Å². The first-order chi connectivity index (χ1) is 9.71. The predicted molar refractivity (Wildman–Crippen MR) is 80.2 cm³/mol. The van der Waals surface area contributed by atoms with Crippen molar-refractivity contribution in [1.29, 1.82) is 0 Å². The molecule has 7 heteroatoms. The number of rotatable bonds is 4. The largest absolute Gasteiger partial charge is 0.398 e. The Morgan fingerprint density at radius 1 is 1.24 bits per heavy atom. The molecule has 0 unspecified atom stereocenters. The van der Waals surface area contributed by atoms with Crippen molar-refractivity contribution in [3.05, 3.63) is 40.8 Å². The molecule has 0 aliphatic rings. The smallest absolute Gasteiger partial charge is 0.243 e. The Kier molecular flexibility index (Phi) is 4.06. The highest BCUT2D eigenvalue weighted by atomic mass is 32.2. The highest BCUT2D eigenvalue weighted by Crippen LogP contribution is 2.26. The van der Waals surface area contributed by atoms with E-state index in [4.69, 9.17) is 10.3 Å². The van der Waals surface area contributed by atoms with E-state index in [1.165, 1.54) is 11.4 Å². The summed E-state index contributed by atoms with van der Waals surface area (Å²) in [5.41, 5.74) is 8.27. The van der Waals surface area contributed by atoms with E-state index in [1.54, 1.807) is 32.0 Å². The Labute approximate surface area is 124 Å². The van der Waals surface area contributed by atoms with E-state index in [0.717, 1.165) is 5.56 Å². The van der Waals surface area contributed by atoms with E-state index in [1.807, 2.05) is 6.92 Å². The lowest BCUT2D eigenvalue weighted by Gasteiger charge is -2.18. The Morgan fingerprint density at radius 3 is 2.48 bits per heavy atom. The van der Waals surface area contributed by atoms with Gasteiger partial charge in [0.25, 0.3) is 0 Å². The number of nitrogen functional groups attached to an aromatic ring is 1. The SMILES string of the molecule is Cc1cc(N)c(C)c(S(=O)(=O)N(C)Cc2cc(C)on2)c1. The zero-order valence-electron chi connectivity index (χ0n) is 12.5. The minimum absolute atomic E-state index is 0.146. The molecule has 0 aliphatic carbocycles. The molecule has 0 radical (unpaired) electrons. The second kappa shape index (κ2) is 5.50. The molecule has 2 N–H and O–H groups in total. The van der Waals surface area contributed by atoms with Crippen LogP contribution >= 0.6 is 0 Å². The van der Waals surface area contributed by atoms with Crippen LogP contribution in [0.15, 0.2) is 27.6 Å². The number of hydrogen-bond acceptors (Lipinski definition) is 5. The molecule has 1 heterocycles. The van der Waals surface area contributed by atoms with E-state index >= 15 is 0 Å². The van der Waals surface area contributed by atoms with Gasteiger partial charge in [0, 0.05) is 18.8 Å². The quantitative estimate of drug-likeness (QED) is 0.873. The van der Waals surface area contributed by atoms with Crippen LogP contribution in [0.4, 0.5) is 5.69 Å². The second-order valence-electron chi connectivity index (χ2n) is 5.17. The van der Waals surface area contributed by atoms with E-state index < -0.39 is 10.0 Å². The monoisotopic (exact) mass is 309 g/mol. The average Bonchev–Trinajstić information content (AvgIpc) is 2.79. The van der Waals surface area contributed by atoms with E-state index in [-0.39, 0.29) is 11.4 Å². The lowest BCUT2D eigenvalue weighted by Crippen LogP contribution is -2.27. The fraction of sp³-hybridized carbons (Fsp3) is 0.357. The standard InChI is InChI=1S/C14H19N3O3S/c1-9-5-13(15)11(3)14(6-9)21(18,19)17(4)8-12-7-10(2)20-16-12/h5-7H,8,15H2,1-4H3. The van der Waals surface area contributed by atoms with Gasteiger partial charge < -0.3 is 10.3 Å². The van der Waals surface area contributed by atoms with Crippen LogP contribution in [-0.2, 0) is 16.6 Å². The molecular formula is C14H19N3O3S. The van der Waals surface area contributed by atoms with Gasteiger partial charge in [-0.2, -0.15) is 4.31 Å². The summed E-state index contributed by atoms with van der Waals surface area (Å²) in [5, 5.41) is 3.81. The first-order valence-corrected chi connectivity index (χ1v) is 7.91. The van der Waals surface area contributed by atoms with Crippen molar-refractivity contribution in [2.45, 2.75) is 32.2 Å². The number of sulfonamides is 1. The third-order valence-electron chi connectivity index (χ3n) is 3.29. The topological polar surface area (TPSA) is 89.4 Å². The maximum Gasteiger partial charge on any atom is 0.243 e. The highest BCUT2D eigenvalue weighted by molar-refractivity contribution is 7.89. The van der Waals surface area contributed by atoms with Crippen LogP contribution in [0, 0.1) is 20.8 Å². The van der Waals surface area contributed by atoms with Crippen LogP contribution in [-0.4, -0.2) is 24.9 Å². The molecule has 1 aromatic heterocycles. The zero-order chi connectivity index (χ0) is 15.8. The molecule has 1 aromatic carbocycles. The van der Waals surface area contributed by atoms with Crippen LogP contribution in [0.1, 0.15) is 22.6 Å². The summed E-state index contributed by atoms with van der Waals surface area (Å²) >= 11 is 0. The first kappa shape index (κ1) is 15.5. The Bertz CT molecular complexity index is 766. The van der Waals surface area contributed by atoms with Crippen molar-refractivity contribution in [3.63, 3.8) is 0 Å². The summed E-state index contributed by atoms with van der Waals surface area (Å²) in [6, 6.07) is 5.10.